The van der Waals surface area contributed by atoms with E-state index < -0.39 is 18.3 Å². The zero-order valence-corrected chi connectivity index (χ0v) is 26.9. The van der Waals surface area contributed by atoms with Gasteiger partial charge in [-0.3, -0.25) is 0 Å². The largest absolute Gasteiger partial charge is 0.491 e. The lowest BCUT2D eigenvalue weighted by molar-refractivity contribution is -0.0982. The van der Waals surface area contributed by atoms with Crippen LogP contribution in [0.3, 0.4) is 0 Å². The van der Waals surface area contributed by atoms with E-state index in [2.05, 4.69) is 98.8 Å². The molecule has 0 unspecified atom stereocenters. The Morgan fingerprint density at radius 1 is 0.636 bits per heavy atom. The number of rotatable bonds is 6. The molecule has 0 atom stereocenters. The highest BCUT2D eigenvalue weighted by molar-refractivity contribution is 7.26. The van der Waals surface area contributed by atoms with Crippen molar-refractivity contribution in [3.63, 3.8) is 0 Å². The van der Waals surface area contributed by atoms with Crippen LogP contribution < -0.4 is 5.46 Å². The number of fused-ring (bicyclic) bond motifs is 6. The van der Waals surface area contributed by atoms with Gasteiger partial charge in [-0.15, -0.1) is 11.3 Å². The normalized spacial score (nSPS) is 14.2. The topological polar surface area (TPSA) is 49.7 Å². The van der Waals surface area contributed by atoms with Gasteiger partial charge >= 0.3 is 7.12 Å². The van der Waals surface area contributed by atoms with Crippen LogP contribution in [0.4, 0.5) is 0 Å². The summed E-state index contributed by atoms with van der Waals surface area (Å²) in [6.45, 7) is 11.6. The molecule has 5 heteroatoms. The van der Waals surface area contributed by atoms with E-state index >= 15 is 0 Å². The molecule has 3 nitrogen and oxygen atoms in total. The van der Waals surface area contributed by atoms with Gasteiger partial charge in [-0.2, -0.15) is 0 Å². The van der Waals surface area contributed by atoms with E-state index in [-0.39, 0.29) is 5.41 Å². The van der Waals surface area contributed by atoms with Gasteiger partial charge in [-0.05, 0) is 83.7 Å². The summed E-state index contributed by atoms with van der Waals surface area (Å²) in [6, 6.07) is 36.8. The third kappa shape index (κ3) is 4.53. The molecule has 1 heterocycles. The van der Waals surface area contributed by atoms with Gasteiger partial charge in [-0.25, -0.2) is 0 Å². The van der Waals surface area contributed by atoms with Crippen LogP contribution in [0.5, 0.6) is 0 Å². The van der Waals surface area contributed by atoms with E-state index in [0.29, 0.717) is 5.46 Å². The van der Waals surface area contributed by atoms with Crippen LogP contribution in [0.1, 0.15) is 52.7 Å². The maximum atomic E-state index is 11.0. The van der Waals surface area contributed by atoms with Crippen LogP contribution in [0.25, 0.3) is 53.6 Å². The molecule has 0 bridgehead atoms. The number of thiophene rings is 1. The average Bonchev–Trinajstić information content (AvgIpc) is 3.49. The second kappa shape index (κ2) is 10.1. The second-order valence-electron chi connectivity index (χ2n) is 13.6. The average molecular weight is 597 g/mol. The molecule has 0 saturated carbocycles. The van der Waals surface area contributed by atoms with E-state index in [9.17, 15) is 10.1 Å². The Morgan fingerprint density at radius 3 is 1.86 bits per heavy atom. The summed E-state index contributed by atoms with van der Waals surface area (Å²) in [6.07, 6.45) is 0. The van der Waals surface area contributed by atoms with Crippen LogP contribution in [0.2, 0.25) is 0 Å². The highest BCUT2D eigenvalue weighted by Crippen LogP contribution is 2.50. The van der Waals surface area contributed by atoms with Gasteiger partial charge in [0.2, 0.25) is 0 Å². The van der Waals surface area contributed by atoms with Gasteiger partial charge in [0, 0.05) is 25.6 Å². The Morgan fingerprint density at radius 2 is 1.20 bits per heavy atom. The van der Waals surface area contributed by atoms with Crippen molar-refractivity contribution < 1.29 is 14.8 Å². The molecule has 0 aliphatic heterocycles. The van der Waals surface area contributed by atoms with E-state index in [1.54, 1.807) is 27.7 Å². The molecule has 2 N–H and O–H groups in total. The number of benzene rings is 5. The van der Waals surface area contributed by atoms with Crippen LogP contribution in [0, 0.1) is 0 Å². The molecule has 44 heavy (non-hydrogen) atoms. The summed E-state index contributed by atoms with van der Waals surface area (Å²) in [5.74, 6) is 0. The van der Waals surface area contributed by atoms with Gasteiger partial charge < -0.3 is 14.8 Å². The highest BCUT2D eigenvalue weighted by Gasteiger charge is 2.39. The van der Waals surface area contributed by atoms with Crippen molar-refractivity contribution in [2.24, 2.45) is 0 Å². The Labute approximate surface area is 263 Å². The van der Waals surface area contributed by atoms with Gasteiger partial charge in [-0.1, -0.05) is 111 Å². The van der Waals surface area contributed by atoms with Crippen molar-refractivity contribution in [2.75, 3.05) is 0 Å². The first kappa shape index (κ1) is 29.0. The summed E-state index contributed by atoms with van der Waals surface area (Å²) in [5.41, 5.74) is 8.59. The number of hydrogen-bond donors (Lipinski definition) is 2. The lowest BCUT2D eigenvalue weighted by Crippen LogP contribution is -2.53. The molecule has 0 spiro atoms. The zero-order chi connectivity index (χ0) is 31.0. The molecule has 6 aromatic rings. The summed E-state index contributed by atoms with van der Waals surface area (Å²) >= 11 is 1.83. The number of hydrogen-bond acceptors (Lipinski definition) is 4. The molecule has 7 rings (SSSR count). The molecular formula is C39H37BO3S. The molecule has 5 aromatic carbocycles. The minimum Gasteiger partial charge on any atom is -0.423 e. The van der Waals surface area contributed by atoms with Gasteiger partial charge in [0.15, 0.2) is 0 Å². The maximum Gasteiger partial charge on any atom is 0.491 e. The van der Waals surface area contributed by atoms with Crippen molar-refractivity contribution in [1.82, 2.24) is 0 Å². The third-order valence-electron chi connectivity index (χ3n) is 9.78. The molecule has 0 saturated heterocycles. The first-order chi connectivity index (χ1) is 20.9. The maximum absolute atomic E-state index is 11.0. The zero-order valence-electron chi connectivity index (χ0n) is 26.1. The SMILES string of the molecule is CC1(C)c2ccccc2-c2ccc(-c3cccc4c3sc3c(-c5cccc(B(O)OC(C)(C)C(C)(C)O)c5)cccc34)cc21. The van der Waals surface area contributed by atoms with E-state index in [1.165, 1.54) is 53.6 Å². The first-order valence-corrected chi connectivity index (χ1v) is 16.1. The first-order valence-electron chi connectivity index (χ1n) is 15.2. The predicted octanol–water partition coefficient (Wildman–Crippen LogP) is 8.95. The second-order valence-corrected chi connectivity index (χ2v) is 14.6. The Hall–Kier alpha value is -3.74. The molecular weight excluding hydrogens is 559 g/mol. The highest BCUT2D eigenvalue weighted by atomic mass is 32.1. The Bertz CT molecular complexity index is 2060. The monoisotopic (exact) mass is 596 g/mol. The van der Waals surface area contributed by atoms with Gasteiger partial charge in [0.1, 0.15) is 0 Å². The summed E-state index contributed by atoms with van der Waals surface area (Å²) in [4.78, 5) is 0. The lowest BCUT2D eigenvalue weighted by Gasteiger charge is -2.38. The lowest BCUT2D eigenvalue weighted by atomic mass is 9.75. The molecule has 0 amide bonds. The van der Waals surface area contributed by atoms with Crippen LogP contribution in [-0.2, 0) is 10.1 Å². The predicted molar refractivity (Wildman–Crippen MR) is 187 cm³/mol. The van der Waals surface area contributed by atoms with Crippen molar-refractivity contribution in [2.45, 2.75) is 58.2 Å². The van der Waals surface area contributed by atoms with Gasteiger partial charge in [0.05, 0.1) is 11.2 Å². The van der Waals surface area contributed by atoms with Crippen molar-refractivity contribution in [3.05, 3.63) is 114 Å². The third-order valence-corrected chi connectivity index (χ3v) is 11.1. The molecule has 0 radical (unpaired) electrons. The molecule has 1 aromatic heterocycles. The Balaban J connectivity index is 1.32. The quantitative estimate of drug-likeness (QED) is 0.189. The molecule has 1 aliphatic rings. The minimum absolute atomic E-state index is 0.0510. The summed E-state index contributed by atoms with van der Waals surface area (Å²) < 4.78 is 8.44. The van der Waals surface area contributed by atoms with Gasteiger partial charge in [0.25, 0.3) is 0 Å². The smallest absolute Gasteiger partial charge is 0.423 e. The fourth-order valence-electron chi connectivity index (χ4n) is 6.50. The van der Waals surface area contributed by atoms with Crippen molar-refractivity contribution >= 4 is 44.1 Å². The van der Waals surface area contributed by atoms with E-state index in [4.69, 9.17) is 4.65 Å². The molecule has 220 valence electrons. The number of aliphatic hydroxyl groups is 1. The van der Waals surface area contributed by atoms with Crippen LogP contribution >= 0.6 is 11.3 Å². The molecule has 0 fully saturated rings. The molecule has 1 aliphatic carbocycles. The fourth-order valence-corrected chi connectivity index (χ4v) is 7.87. The van der Waals surface area contributed by atoms with Crippen molar-refractivity contribution in [1.29, 1.82) is 0 Å². The van der Waals surface area contributed by atoms with E-state index in [0.717, 1.165) is 11.1 Å². The minimum atomic E-state index is -1.17. The summed E-state index contributed by atoms with van der Waals surface area (Å²) in [7, 11) is -1.17. The standard InChI is InChI=1S/C39H37BO3S/c1-37(2)33-19-8-7-14-29(33)30-21-20-25(23-34(30)37)28-16-11-18-32-31-17-10-15-27(35(31)44-36(28)32)24-12-9-13-26(22-24)40(42)43-39(5,6)38(3,4)41/h7-23,41-42H,1-6H3. The van der Waals surface area contributed by atoms with Crippen LogP contribution in [0.15, 0.2) is 103 Å². The van der Waals surface area contributed by atoms with E-state index in [1.807, 2.05) is 29.5 Å². The van der Waals surface area contributed by atoms with Crippen LogP contribution in [-0.4, -0.2) is 28.5 Å². The Kier molecular flexibility index (Phi) is 6.69. The summed E-state index contributed by atoms with van der Waals surface area (Å²) in [5, 5.41) is 24.0. The van der Waals surface area contributed by atoms with Crippen molar-refractivity contribution in [3.8, 4) is 33.4 Å². The fraction of sp³-hybridized carbons (Fsp3) is 0.231.